The average molecular weight is 304 g/mol. The number of carbonyl (C=O) groups is 2. The van der Waals surface area contributed by atoms with Crippen LogP contribution in [0.15, 0.2) is 0 Å². The molecule has 0 aromatic heterocycles. The Hall–Kier alpha value is -1.34. The second-order valence-corrected chi connectivity index (χ2v) is 4.77. The summed E-state index contributed by atoms with van der Waals surface area (Å²) in [6.45, 7) is 4.44. The van der Waals surface area contributed by atoms with E-state index in [0.717, 1.165) is 19.3 Å². The molecule has 2 amide bonds. The van der Waals surface area contributed by atoms with Crippen molar-refractivity contribution in [2.45, 2.75) is 32.6 Å². The minimum atomic E-state index is -0.870. The topological polar surface area (TPSA) is 96.9 Å². The molecule has 0 aromatic rings. The SMILES string of the molecule is CCCC(CNC(=O)NCCCCOCCOC)C(=O)O. The summed E-state index contributed by atoms with van der Waals surface area (Å²) in [5, 5.41) is 14.2. The van der Waals surface area contributed by atoms with Crippen LogP contribution in [-0.4, -0.2) is 57.1 Å². The zero-order chi connectivity index (χ0) is 15.9. The minimum absolute atomic E-state index is 0.162. The summed E-state index contributed by atoms with van der Waals surface area (Å²) >= 11 is 0. The maximum Gasteiger partial charge on any atom is 0.314 e. The molecule has 7 heteroatoms. The Bertz CT molecular complexity index is 287. The lowest BCUT2D eigenvalue weighted by molar-refractivity contribution is -0.141. The number of carbonyl (C=O) groups excluding carboxylic acids is 1. The van der Waals surface area contributed by atoms with Gasteiger partial charge < -0.3 is 25.2 Å². The van der Waals surface area contributed by atoms with Crippen molar-refractivity contribution in [3.05, 3.63) is 0 Å². The van der Waals surface area contributed by atoms with Gasteiger partial charge in [-0.05, 0) is 19.3 Å². The molecule has 1 atom stereocenters. The highest BCUT2D eigenvalue weighted by Gasteiger charge is 2.16. The van der Waals surface area contributed by atoms with Crippen molar-refractivity contribution >= 4 is 12.0 Å². The smallest absolute Gasteiger partial charge is 0.314 e. The van der Waals surface area contributed by atoms with Crippen LogP contribution < -0.4 is 10.6 Å². The Kier molecular flexibility index (Phi) is 12.8. The molecular weight excluding hydrogens is 276 g/mol. The summed E-state index contributed by atoms with van der Waals surface area (Å²) in [5.74, 6) is -1.39. The number of carboxylic acids is 1. The van der Waals surface area contributed by atoms with Gasteiger partial charge in [0.2, 0.25) is 0 Å². The van der Waals surface area contributed by atoms with Crippen LogP contribution in [0.1, 0.15) is 32.6 Å². The maximum absolute atomic E-state index is 11.5. The first kappa shape index (κ1) is 19.7. The van der Waals surface area contributed by atoms with Crippen LogP contribution in [0.3, 0.4) is 0 Å². The molecule has 0 spiro atoms. The van der Waals surface area contributed by atoms with Crippen molar-refractivity contribution in [3.63, 3.8) is 0 Å². The third-order valence-corrected chi connectivity index (χ3v) is 2.93. The molecule has 0 saturated carbocycles. The number of aliphatic carboxylic acids is 1. The van der Waals surface area contributed by atoms with E-state index in [9.17, 15) is 9.59 Å². The molecule has 21 heavy (non-hydrogen) atoms. The van der Waals surface area contributed by atoms with Gasteiger partial charge in [0.1, 0.15) is 0 Å². The van der Waals surface area contributed by atoms with Gasteiger partial charge in [0.25, 0.3) is 0 Å². The van der Waals surface area contributed by atoms with Gasteiger partial charge in [-0.25, -0.2) is 4.79 Å². The predicted octanol–water partition coefficient (Wildman–Crippen LogP) is 1.23. The standard InChI is InChI=1S/C14H28N2O5/c1-3-6-12(13(17)18)11-16-14(19)15-7-4-5-8-21-10-9-20-2/h12H,3-11H2,1-2H3,(H,17,18)(H2,15,16,19). The molecule has 0 radical (unpaired) electrons. The van der Waals surface area contributed by atoms with Crippen LogP contribution in [0, 0.1) is 5.92 Å². The van der Waals surface area contributed by atoms with Gasteiger partial charge in [0.05, 0.1) is 19.1 Å². The second-order valence-electron chi connectivity index (χ2n) is 4.77. The Morgan fingerprint density at radius 3 is 2.52 bits per heavy atom. The second kappa shape index (κ2) is 13.6. The van der Waals surface area contributed by atoms with Crippen molar-refractivity contribution in [1.82, 2.24) is 10.6 Å². The van der Waals surface area contributed by atoms with E-state index < -0.39 is 11.9 Å². The number of nitrogens with one attached hydrogen (secondary N) is 2. The molecule has 0 aliphatic carbocycles. The van der Waals surface area contributed by atoms with Crippen molar-refractivity contribution in [2.75, 3.05) is 40.0 Å². The van der Waals surface area contributed by atoms with Gasteiger partial charge in [-0.2, -0.15) is 0 Å². The van der Waals surface area contributed by atoms with E-state index in [-0.39, 0.29) is 12.6 Å². The summed E-state index contributed by atoms with van der Waals surface area (Å²) in [7, 11) is 1.63. The van der Waals surface area contributed by atoms with Gasteiger partial charge in [0, 0.05) is 26.8 Å². The molecule has 124 valence electrons. The molecule has 1 unspecified atom stereocenters. The third-order valence-electron chi connectivity index (χ3n) is 2.93. The van der Waals surface area contributed by atoms with E-state index in [4.69, 9.17) is 14.6 Å². The Morgan fingerprint density at radius 1 is 1.14 bits per heavy atom. The Balaban J connectivity index is 3.51. The average Bonchev–Trinajstić information content (AvgIpc) is 2.46. The largest absolute Gasteiger partial charge is 0.481 e. The van der Waals surface area contributed by atoms with E-state index in [1.807, 2.05) is 6.92 Å². The molecule has 0 heterocycles. The predicted molar refractivity (Wildman–Crippen MR) is 79.4 cm³/mol. The normalized spacial score (nSPS) is 11.9. The van der Waals surface area contributed by atoms with Crippen LogP contribution >= 0.6 is 0 Å². The number of methoxy groups -OCH3 is 1. The number of carboxylic acid groups (broad SMARTS) is 1. The Morgan fingerprint density at radius 2 is 1.90 bits per heavy atom. The van der Waals surface area contributed by atoms with E-state index >= 15 is 0 Å². The van der Waals surface area contributed by atoms with Crippen molar-refractivity contribution in [1.29, 1.82) is 0 Å². The zero-order valence-electron chi connectivity index (χ0n) is 13.0. The first-order chi connectivity index (χ1) is 10.1. The number of unbranched alkanes of at least 4 members (excludes halogenated alkanes) is 1. The molecule has 0 rings (SSSR count). The molecule has 0 fully saturated rings. The van der Waals surface area contributed by atoms with E-state index in [1.54, 1.807) is 7.11 Å². The van der Waals surface area contributed by atoms with E-state index in [2.05, 4.69) is 10.6 Å². The lowest BCUT2D eigenvalue weighted by atomic mass is 10.0. The Labute approximate surface area is 126 Å². The minimum Gasteiger partial charge on any atom is -0.481 e. The first-order valence-corrected chi connectivity index (χ1v) is 7.43. The van der Waals surface area contributed by atoms with Crippen LogP contribution in [0.5, 0.6) is 0 Å². The van der Waals surface area contributed by atoms with Gasteiger partial charge >= 0.3 is 12.0 Å². The number of hydrogen-bond acceptors (Lipinski definition) is 4. The fraction of sp³-hybridized carbons (Fsp3) is 0.857. The number of hydrogen-bond donors (Lipinski definition) is 3. The third kappa shape index (κ3) is 12.1. The van der Waals surface area contributed by atoms with Crippen molar-refractivity contribution in [3.8, 4) is 0 Å². The first-order valence-electron chi connectivity index (χ1n) is 7.43. The number of amides is 2. The van der Waals surface area contributed by atoms with Crippen LogP contribution in [0.2, 0.25) is 0 Å². The van der Waals surface area contributed by atoms with Crippen LogP contribution in [0.25, 0.3) is 0 Å². The highest BCUT2D eigenvalue weighted by atomic mass is 16.5. The maximum atomic E-state index is 11.5. The summed E-state index contributed by atoms with van der Waals surface area (Å²) in [5.41, 5.74) is 0. The summed E-state index contributed by atoms with van der Waals surface area (Å²) < 4.78 is 10.1. The van der Waals surface area contributed by atoms with Crippen LogP contribution in [0.4, 0.5) is 4.79 Å². The van der Waals surface area contributed by atoms with Gasteiger partial charge in [0.15, 0.2) is 0 Å². The summed E-state index contributed by atoms with van der Waals surface area (Å²) in [4.78, 5) is 22.4. The number of rotatable bonds is 13. The summed E-state index contributed by atoms with van der Waals surface area (Å²) in [6.07, 6.45) is 3.02. The van der Waals surface area contributed by atoms with Crippen molar-refractivity contribution < 1.29 is 24.2 Å². The van der Waals surface area contributed by atoms with Gasteiger partial charge in [-0.3, -0.25) is 4.79 Å². The molecule has 0 aromatic carbocycles. The molecule has 0 aliphatic rings. The number of ether oxygens (including phenoxy) is 2. The molecular formula is C14H28N2O5. The highest BCUT2D eigenvalue weighted by Crippen LogP contribution is 2.04. The van der Waals surface area contributed by atoms with Crippen LogP contribution in [-0.2, 0) is 14.3 Å². The fourth-order valence-electron chi connectivity index (χ4n) is 1.72. The van der Waals surface area contributed by atoms with Crippen molar-refractivity contribution in [2.24, 2.45) is 5.92 Å². The quantitative estimate of drug-likeness (QED) is 0.445. The fourth-order valence-corrected chi connectivity index (χ4v) is 1.72. The summed E-state index contributed by atoms with van der Waals surface area (Å²) in [6, 6.07) is -0.322. The molecule has 0 aliphatic heterocycles. The number of urea groups is 1. The molecule has 0 bridgehead atoms. The molecule has 3 N–H and O–H groups in total. The lowest BCUT2D eigenvalue weighted by Gasteiger charge is -2.13. The molecule has 0 saturated heterocycles. The molecule has 7 nitrogen and oxygen atoms in total. The van der Waals surface area contributed by atoms with E-state index in [0.29, 0.717) is 32.8 Å². The monoisotopic (exact) mass is 304 g/mol. The van der Waals surface area contributed by atoms with E-state index in [1.165, 1.54) is 0 Å². The zero-order valence-corrected chi connectivity index (χ0v) is 13.0. The van der Waals surface area contributed by atoms with Gasteiger partial charge in [-0.15, -0.1) is 0 Å². The highest BCUT2D eigenvalue weighted by molar-refractivity contribution is 5.75. The van der Waals surface area contributed by atoms with Gasteiger partial charge in [-0.1, -0.05) is 13.3 Å². The lowest BCUT2D eigenvalue weighted by Crippen LogP contribution is -2.40.